The molecular formula is C20H30O6. The first-order valence-electron chi connectivity index (χ1n) is 10.2. The van der Waals surface area contributed by atoms with Crippen molar-refractivity contribution in [3.63, 3.8) is 0 Å². The molecule has 4 aliphatic heterocycles. The van der Waals surface area contributed by atoms with Crippen LogP contribution in [-0.4, -0.2) is 48.6 Å². The highest BCUT2D eigenvalue weighted by molar-refractivity contribution is 5.70. The molecule has 0 aromatic heterocycles. The van der Waals surface area contributed by atoms with E-state index in [4.69, 9.17) is 18.9 Å². The normalized spacial score (nSPS) is 37.2. The van der Waals surface area contributed by atoms with E-state index in [-0.39, 0.29) is 23.1 Å². The second kappa shape index (κ2) is 7.47. The number of hydrogen-bond donors (Lipinski definition) is 0. The van der Waals surface area contributed by atoms with Gasteiger partial charge in [0.1, 0.15) is 24.4 Å². The van der Waals surface area contributed by atoms with Crippen LogP contribution in [0.5, 0.6) is 0 Å². The fraction of sp³-hybridized carbons (Fsp3) is 0.900. The quantitative estimate of drug-likeness (QED) is 0.461. The SMILES string of the molecule is O=C(CCCCC(=O)OCC12CCC(CC1)O2)OCC12CCC(CC1)O2. The fourth-order valence-electron chi connectivity index (χ4n) is 4.88. The van der Waals surface area contributed by atoms with Gasteiger partial charge in [-0.1, -0.05) is 0 Å². The van der Waals surface area contributed by atoms with Crippen LogP contribution < -0.4 is 0 Å². The van der Waals surface area contributed by atoms with Crippen molar-refractivity contribution in [3.05, 3.63) is 0 Å². The molecule has 0 aliphatic carbocycles. The molecule has 4 rings (SSSR count). The average Bonchev–Trinajstić information content (AvgIpc) is 3.43. The summed E-state index contributed by atoms with van der Waals surface area (Å²) >= 11 is 0. The Hall–Kier alpha value is -1.14. The third kappa shape index (κ3) is 4.06. The van der Waals surface area contributed by atoms with Gasteiger partial charge in [-0.3, -0.25) is 9.59 Å². The molecule has 4 saturated heterocycles. The lowest BCUT2D eigenvalue weighted by molar-refractivity contribution is -0.153. The molecule has 0 N–H and O–H groups in total. The fourth-order valence-corrected chi connectivity index (χ4v) is 4.88. The van der Waals surface area contributed by atoms with E-state index in [1.165, 1.54) is 0 Å². The van der Waals surface area contributed by atoms with Gasteiger partial charge in [-0.05, 0) is 64.2 Å². The van der Waals surface area contributed by atoms with Crippen molar-refractivity contribution >= 4 is 11.9 Å². The summed E-state index contributed by atoms with van der Waals surface area (Å²) in [6.45, 7) is 0.765. The number of fused-ring (bicyclic) bond motifs is 4. The van der Waals surface area contributed by atoms with E-state index < -0.39 is 0 Å². The summed E-state index contributed by atoms with van der Waals surface area (Å²) < 4.78 is 22.6. The van der Waals surface area contributed by atoms with Crippen molar-refractivity contribution in [2.24, 2.45) is 0 Å². The lowest BCUT2D eigenvalue weighted by Crippen LogP contribution is -2.32. The highest BCUT2D eigenvalue weighted by atomic mass is 16.6. The van der Waals surface area contributed by atoms with Crippen LogP contribution >= 0.6 is 0 Å². The predicted molar refractivity (Wildman–Crippen MR) is 92.5 cm³/mol. The van der Waals surface area contributed by atoms with Gasteiger partial charge in [0, 0.05) is 12.8 Å². The van der Waals surface area contributed by atoms with Crippen LogP contribution in [0.3, 0.4) is 0 Å². The van der Waals surface area contributed by atoms with Crippen molar-refractivity contribution in [1.82, 2.24) is 0 Å². The van der Waals surface area contributed by atoms with Crippen molar-refractivity contribution in [2.45, 2.75) is 100 Å². The maximum Gasteiger partial charge on any atom is 0.305 e. The van der Waals surface area contributed by atoms with Crippen LogP contribution in [0.15, 0.2) is 0 Å². The molecule has 6 heteroatoms. The van der Waals surface area contributed by atoms with Crippen LogP contribution in [0.2, 0.25) is 0 Å². The molecule has 4 aliphatic rings. The summed E-state index contributed by atoms with van der Waals surface area (Å²) in [7, 11) is 0. The monoisotopic (exact) mass is 366 g/mol. The second-order valence-corrected chi connectivity index (χ2v) is 8.53. The Bertz CT molecular complexity index is 480. The molecule has 0 radical (unpaired) electrons. The minimum Gasteiger partial charge on any atom is -0.463 e. The zero-order valence-corrected chi connectivity index (χ0v) is 15.5. The molecule has 6 nitrogen and oxygen atoms in total. The van der Waals surface area contributed by atoms with Crippen LogP contribution in [0, 0.1) is 0 Å². The van der Waals surface area contributed by atoms with E-state index >= 15 is 0 Å². The number of unbranched alkanes of at least 4 members (excludes halogenated alkanes) is 1. The summed E-state index contributed by atoms with van der Waals surface area (Å²) in [6.07, 6.45) is 11.1. The number of hydrogen-bond acceptors (Lipinski definition) is 6. The number of carbonyl (C=O) groups is 2. The highest BCUT2D eigenvalue weighted by Gasteiger charge is 2.47. The van der Waals surface area contributed by atoms with E-state index in [1.807, 2.05) is 0 Å². The summed E-state index contributed by atoms with van der Waals surface area (Å²) in [5.41, 5.74) is -0.407. The Morgan fingerprint density at radius 2 is 1.12 bits per heavy atom. The maximum absolute atomic E-state index is 11.9. The molecule has 0 aromatic rings. The number of rotatable bonds is 9. The highest BCUT2D eigenvalue weighted by Crippen LogP contribution is 2.44. The van der Waals surface area contributed by atoms with Crippen molar-refractivity contribution in [2.75, 3.05) is 13.2 Å². The van der Waals surface area contributed by atoms with Gasteiger partial charge < -0.3 is 18.9 Å². The first-order valence-corrected chi connectivity index (χ1v) is 10.2. The van der Waals surface area contributed by atoms with E-state index in [9.17, 15) is 9.59 Å². The molecule has 0 unspecified atom stereocenters. The number of carbonyl (C=O) groups excluding carboxylic acids is 2. The molecule has 4 bridgehead atoms. The molecule has 26 heavy (non-hydrogen) atoms. The number of ether oxygens (including phenoxy) is 4. The first kappa shape index (κ1) is 18.2. The molecule has 0 atom stereocenters. The summed E-state index contributed by atoms with van der Waals surface area (Å²) in [4.78, 5) is 23.8. The van der Waals surface area contributed by atoms with Gasteiger partial charge in [-0.25, -0.2) is 0 Å². The van der Waals surface area contributed by atoms with Gasteiger partial charge >= 0.3 is 11.9 Å². The van der Waals surface area contributed by atoms with E-state index in [1.54, 1.807) is 0 Å². The molecule has 4 heterocycles. The Labute approximate surface area is 154 Å². The van der Waals surface area contributed by atoms with Crippen LogP contribution in [-0.2, 0) is 28.5 Å². The molecule has 146 valence electrons. The van der Waals surface area contributed by atoms with Gasteiger partial charge in [0.2, 0.25) is 0 Å². The van der Waals surface area contributed by atoms with Crippen molar-refractivity contribution < 1.29 is 28.5 Å². The minimum atomic E-state index is -0.203. The lowest BCUT2D eigenvalue weighted by atomic mass is 9.89. The third-order valence-corrected chi connectivity index (χ3v) is 6.53. The number of esters is 2. The molecule has 0 aromatic carbocycles. The average molecular weight is 366 g/mol. The van der Waals surface area contributed by atoms with Crippen molar-refractivity contribution in [3.8, 4) is 0 Å². The second-order valence-electron chi connectivity index (χ2n) is 8.53. The summed E-state index contributed by atoms with van der Waals surface area (Å²) in [6, 6.07) is 0. The Kier molecular flexibility index (Phi) is 5.24. The standard InChI is InChI=1S/C20H30O6/c21-17(23-13-19-9-5-15(25-19)6-10-19)3-1-2-4-18(22)24-14-20-11-7-16(26-20)8-12-20/h15-16H,1-14H2. The Balaban J connectivity index is 1.05. The molecule has 4 fully saturated rings. The zero-order valence-electron chi connectivity index (χ0n) is 15.5. The third-order valence-electron chi connectivity index (χ3n) is 6.53. The molecule has 0 amide bonds. The molecule has 0 saturated carbocycles. The van der Waals surface area contributed by atoms with Crippen LogP contribution in [0.1, 0.15) is 77.0 Å². The van der Waals surface area contributed by atoms with Crippen molar-refractivity contribution in [1.29, 1.82) is 0 Å². The predicted octanol–water partition coefficient (Wildman–Crippen LogP) is 3.06. The Morgan fingerprint density at radius 3 is 1.42 bits per heavy atom. The minimum absolute atomic E-state index is 0.193. The topological polar surface area (TPSA) is 71.1 Å². The molecular weight excluding hydrogens is 336 g/mol. The van der Waals surface area contributed by atoms with Gasteiger partial charge in [-0.15, -0.1) is 0 Å². The van der Waals surface area contributed by atoms with E-state index in [2.05, 4.69) is 0 Å². The van der Waals surface area contributed by atoms with E-state index in [0.29, 0.717) is 51.1 Å². The van der Waals surface area contributed by atoms with Gasteiger partial charge in [0.25, 0.3) is 0 Å². The van der Waals surface area contributed by atoms with Crippen LogP contribution in [0.4, 0.5) is 0 Å². The lowest BCUT2D eigenvalue weighted by Gasteiger charge is -2.24. The first-order chi connectivity index (χ1) is 12.6. The largest absolute Gasteiger partial charge is 0.463 e. The van der Waals surface area contributed by atoms with Crippen LogP contribution in [0.25, 0.3) is 0 Å². The smallest absolute Gasteiger partial charge is 0.305 e. The Morgan fingerprint density at radius 1 is 0.731 bits per heavy atom. The van der Waals surface area contributed by atoms with Gasteiger partial charge in [0.05, 0.1) is 12.2 Å². The summed E-state index contributed by atoms with van der Waals surface area (Å²) in [5, 5.41) is 0. The molecule has 0 spiro atoms. The van der Waals surface area contributed by atoms with Gasteiger partial charge in [0.15, 0.2) is 0 Å². The zero-order chi connectivity index (χ0) is 18.0. The summed E-state index contributed by atoms with van der Waals surface area (Å²) in [5.74, 6) is -0.385. The maximum atomic E-state index is 11.9. The van der Waals surface area contributed by atoms with Gasteiger partial charge in [-0.2, -0.15) is 0 Å². The van der Waals surface area contributed by atoms with E-state index in [0.717, 1.165) is 51.4 Å².